The molecule has 0 bridgehead atoms. The Labute approximate surface area is 108 Å². The van der Waals surface area contributed by atoms with Gasteiger partial charge in [-0.3, -0.25) is 0 Å². The van der Waals surface area contributed by atoms with E-state index in [2.05, 4.69) is 4.98 Å². The van der Waals surface area contributed by atoms with Crippen LogP contribution in [-0.4, -0.2) is 9.77 Å². The van der Waals surface area contributed by atoms with Crippen LogP contribution in [0.5, 0.6) is 11.6 Å². The Kier molecular flexibility index (Phi) is 2.62. The zero-order valence-corrected chi connectivity index (χ0v) is 9.75. The van der Waals surface area contributed by atoms with E-state index in [0.29, 0.717) is 32.9 Å². The SMILES string of the molecule is N#Cc1ccnc(Oc2cccc3c2ccn3F)c1. The second-order valence-corrected chi connectivity index (χ2v) is 3.91. The Morgan fingerprint density at radius 3 is 3.00 bits per heavy atom. The molecule has 0 saturated carbocycles. The van der Waals surface area contributed by atoms with Gasteiger partial charge in [0.2, 0.25) is 5.88 Å². The quantitative estimate of drug-likeness (QED) is 0.703. The maximum absolute atomic E-state index is 13.4. The maximum atomic E-state index is 13.4. The fourth-order valence-electron chi connectivity index (χ4n) is 1.84. The van der Waals surface area contributed by atoms with Crippen LogP contribution in [0.1, 0.15) is 5.56 Å². The summed E-state index contributed by atoms with van der Waals surface area (Å²) in [6.45, 7) is 0. The van der Waals surface area contributed by atoms with Gasteiger partial charge in [-0.1, -0.05) is 10.5 Å². The highest BCUT2D eigenvalue weighted by molar-refractivity contribution is 5.86. The highest BCUT2D eigenvalue weighted by Crippen LogP contribution is 2.30. The minimum absolute atomic E-state index is 0.304. The highest BCUT2D eigenvalue weighted by Gasteiger charge is 2.08. The molecule has 5 heteroatoms. The molecular formula is C14H8FN3O. The molecule has 2 aromatic heterocycles. The Balaban J connectivity index is 2.03. The van der Waals surface area contributed by atoms with E-state index in [0.717, 1.165) is 0 Å². The molecule has 0 atom stereocenters. The van der Waals surface area contributed by atoms with Gasteiger partial charge in [-0.2, -0.15) is 10.1 Å². The second kappa shape index (κ2) is 4.42. The molecule has 4 nitrogen and oxygen atoms in total. The molecule has 0 radical (unpaired) electrons. The summed E-state index contributed by atoms with van der Waals surface area (Å²) < 4.78 is 19.0. The third-order valence-electron chi connectivity index (χ3n) is 2.72. The van der Waals surface area contributed by atoms with Crippen LogP contribution >= 0.6 is 0 Å². The summed E-state index contributed by atoms with van der Waals surface area (Å²) in [7, 11) is 0. The van der Waals surface area contributed by atoms with Crippen molar-refractivity contribution in [2.45, 2.75) is 0 Å². The van der Waals surface area contributed by atoms with Gasteiger partial charge in [0.05, 0.1) is 17.1 Å². The van der Waals surface area contributed by atoms with E-state index in [4.69, 9.17) is 10.00 Å². The normalized spacial score (nSPS) is 10.3. The standard InChI is InChI=1S/C14H8FN3O/c15-18-7-5-11-12(18)2-1-3-13(11)19-14-8-10(9-16)4-6-17-14/h1-8H. The van der Waals surface area contributed by atoms with Crippen molar-refractivity contribution in [2.75, 3.05) is 0 Å². The number of nitriles is 1. The molecule has 0 aliphatic heterocycles. The van der Waals surface area contributed by atoms with Crippen molar-refractivity contribution >= 4 is 10.9 Å². The van der Waals surface area contributed by atoms with Crippen molar-refractivity contribution in [1.29, 1.82) is 5.26 Å². The number of benzene rings is 1. The van der Waals surface area contributed by atoms with E-state index in [1.807, 2.05) is 6.07 Å². The lowest BCUT2D eigenvalue weighted by Gasteiger charge is -2.06. The number of nitrogens with zero attached hydrogens (tertiary/aromatic N) is 3. The van der Waals surface area contributed by atoms with Gasteiger partial charge in [-0.05, 0) is 24.3 Å². The minimum Gasteiger partial charge on any atom is -0.438 e. The Morgan fingerprint density at radius 1 is 1.26 bits per heavy atom. The molecule has 0 fully saturated rings. The van der Waals surface area contributed by atoms with Crippen LogP contribution in [0.15, 0.2) is 48.8 Å². The molecule has 19 heavy (non-hydrogen) atoms. The van der Waals surface area contributed by atoms with E-state index >= 15 is 0 Å². The molecule has 0 saturated heterocycles. The molecule has 3 aromatic rings. The van der Waals surface area contributed by atoms with E-state index in [1.54, 1.807) is 30.3 Å². The first kappa shape index (κ1) is 11.2. The minimum atomic E-state index is 0.304. The van der Waals surface area contributed by atoms with Crippen LogP contribution in [0, 0.1) is 11.3 Å². The van der Waals surface area contributed by atoms with E-state index in [-0.39, 0.29) is 0 Å². The van der Waals surface area contributed by atoms with Gasteiger partial charge in [-0.25, -0.2) is 4.98 Å². The number of halogens is 1. The average Bonchev–Trinajstić information content (AvgIpc) is 2.82. The lowest BCUT2D eigenvalue weighted by molar-refractivity contribution is 0.387. The van der Waals surface area contributed by atoms with E-state index < -0.39 is 0 Å². The highest BCUT2D eigenvalue weighted by atomic mass is 19.2. The lowest BCUT2D eigenvalue weighted by Crippen LogP contribution is -1.89. The van der Waals surface area contributed by atoms with Crippen molar-refractivity contribution in [3.8, 4) is 17.7 Å². The molecule has 0 aliphatic rings. The number of fused-ring (bicyclic) bond motifs is 1. The second-order valence-electron chi connectivity index (χ2n) is 3.91. The zero-order valence-electron chi connectivity index (χ0n) is 9.75. The largest absolute Gasteiger partial charge is 0.438 e. The van der Waals surface area contributed by atoms with E-state index in [1.165, 1.54) is 18.5 Å². The van der Waals surface area contributed by atoms with Crippen LogP contribution < -0.4 is 4.74 Å². The number of rotatable bonds is 2. The Hall–Kier alpha value is -2.87. The van der Waals surface area contributed by atoms with Gasteiger partial charge in [-0.15, -0.1) is 0 Å². The summed E-state index contributed by atoms with van der Waals surface area (Å²) in [5.41, 5.74) is 0.883. The van der Waals surface area contributed by atoms with Crippen LogP contribution in [0.4, 0.5) is 4.48 Å². The van der Waals surface area contributed by atoms with Crippen LogP contribution in [0.3, 0.4) is 0 Å². The zero-order chi connectivity index (χ0) is 13.2. The molecule has 0 unspecified atom stereocenters. The lowest BCUT2D eigenvalue weighted by atomic mass is 10.2. The molecule has 0 amide bonds. The number of hydrogen-bond donors (Lipinski definition) is 0. The van der Waals surface area contributed by atoms with Crippen molar-refractivity contribution < 1.29 is 9.22 Å². The fraction of sp³-hybridized carbons (Fsp3) is 0. The summed E-state index contributed by atoms with van der Waals surface area (Å²) in [5.74, 6) is 0.801. The molecule has 1 aromatic carbocycles. The molecule has 0 N–H and O–H groups in total. The summed E-state index contributed by atoms with van der Waals surface area (Å²) in [5, 5.41) is 9.46. The fourth-order valence-corrected chi connectivity index (χ4v) is 1.84. The maximum Gasteiger partial charge on any atom is 0.220 e. The number of ether oxygens (including phenoxy) is 1. The van der Waals surface area contributed by atoms with Crippen molar-refractivity contribution in [2.24, 2.45) is 0 Å². The van der Waals surface area contributed by atoms with Crippen molar-refractivity contribution in [1.82, 2.24) is 9.77 Å². The first-order chi connectivity index (χ1) is 9.28. The van der Waals surface area contributed by atoms with Gasteiger partial charge >= 0.3 is 0 Å². The summed E-state index contributed by atoms with van der Waals surface area (Å²) >= 11 is 0. The smallest absolute Gasteiger partial charge is 0.220 e. The van der Waals surface area contributed by atoms with Crippen molar-refractivity contribution in [3.05, 3.63) is 54.4 Å². The average molecular weight is 253 g/mol. The van der Waals surface area contributed by atoms with Gasteiger partial charge in [0.1, 0.15) is 5.75 Å². The van der Waals surface area contributed by atoms with Crippen LogP contribution in [-0.2, 0) is 0 Å². The van der Waals surface area contributed by atoms with Crippen LogP contribution in [0.25, 0.3) is 10.9 Å². The third kappa shape index (κ3) is 2.00. The Bertz CT molecular complexity index is 789. The number of pyridine rings is 1. The predicted octanol–water partition coefficient (Wildman–Crippen LogP) is 3.43. The molecule has 0 spiro atoms. The van der Waals surface area contributed by atoms with E-state index in [9.17, 15) is 4.48 Å². The van der Waals surface area contributed by atoms with Gasteiger partial charge in [0.25, 0.3) is 0 Å². The van der Waals surface area contributed by atoms with Gasteiger partial charge in [0, 0.05) is 23.8 Å². The molecule has 3 rings (SSSR count). The summed E-state index contributed by atoms with van der Waals surface area (Å²) in [6, 6.07) is 11.8. The summed E-state index contributed by atoms with van der Waals surface area (Å²) in [4.78, 5) is 4.55. The number of aromatic nitrogens is 2. The third-order valence-corrected chi connectivity index (χ3v) is 2.72. The topological polar surface area (TPSA) is 50.8 Å². The molecule has 0 aliphatic carbocycles. The van der Waals surface area contributed by atoms with Gasteiger partial charge in [0.15, 0.2) is 0 Å². The predicted molar refractivity (Wildman–Crippen MR) is 67.5 cm³/mol. The molecular weight excluding hydrogens is 245 g/mol. The van der Waals surface area contributed by atoms with Crippen LogP contribution in [0.2, 0.25) is 0 Å². The summed E-state index contributed by atoms with van der Waals surface area (Å²) in [6.07, 6.45) is 2.81. The molecule has 92 valence electrons. The Morgan fingerprint density at radius 2 is 2.16 bits per heavy atom. The molecule has 2 heterocycles. The van der Waals surface area contributed by atoms with Gasteiger partial charge < -0.3 is 4.74 Å². The first-order valence-electron chi connectivity index (χ1n) is 5.58. The monoisotopic (exact) mass is 253 g/mol. The first-order valence-corrected chi connectivity index (χ1v) is 5.58. The number of hydrogen-bond acceptors (Lipinski definition) is 3. The van der Waals surface area contributed by atoms with Crippen molar-refractivity contribution in [3.63, 3.8) is 0 Å².